The molecule has 5 heterocycles. The van der Waals surface area contributed by atoms with Gasteiger partial charge in [0.05, 0.1) is 10.9 Å². The molecule has 174 valence electrons. The van der Waals surface area contributed by atoms with Crippen LogP contribution in [-0.2, 0) is 15.9 Å². The summed E-state index contributed by atoms with van der Waals surface area (Å²) in [6.45, 7) is 0.939. The summed E-state index contributed by atoms with van der Waals surface area (Å²) in [6, 6.07) is 16.1. The third kappa shape index (κ3) is 3.42. The zero-order valence-corrected chi connectivity index (χ0v) is 19.8. The van der Waals surface area contributed by atoms with E-state index in [2.05, 4.69) is 40.3 Å². The third-order valence-corrected chi connectivity index (χ3v) is 8.18. The average Bonchev–Trinajstić information content (AvgIpc) is 3.66. The highest BCUT2D eigenvalue weighted by Crippen LogP contribution is 2.43. The molecule has 7 rings (SSSR count). The lowest BCUT2D eigenvalue weighted by Gasteiger charge is -2.37. The maximum absolute atomic E-state index is 14.0. The van der Waals surface area contributed by atoms with Gasteiger partial charge in [-0.05, 0) is 54.3 Å². The molecule has 2 atom stereocenters. The standard InChI is InChI=1S/C28H23N3O3S/c32-28(25-10-9-24(35-25)18-4-3-12-29-15-18)31-13-11-20-19-5-1-2-6-21(19)30-26(20)27(31)17-7-8-22-23(14-17)34-16-33-22/h1-7,9-10,12,14-15,22,27,30H,8,11,13,16H2. The van der Waals surface area contributed by atoms with Gasteiger partial charge in [0, 0.05) is 46.0 Å². The first-order valence-electron chi connectivity index (χ1n) is 11.8. The van der Waals surface area contributed by atoms with E-state index in [1.807, 2.05) is 41.4 Å². The van der Waals surface area contributed by atoms with Gasteiger partial charge in [0.25, 0.3) is 5.91 Å². The molecule has 4 aromatic rings. The van der Waals surface area contributed by atoms with Gasteiger partial charge in [-0.2, -0.15) is 0 Å². The number of aromatic nitrogens is 2. The first-order valence-corrected chi connectivity index (χ1v) is 12.6. The minimum atomic E-state index is -0.208. The zero-order chi connectivity index (χ0) is 23.4. The van der Waals surface area contributed by atoms with Crippen LogP contribution in [0.15, 0.2) is 84.4 Å². The van der Waals surface area contributed by atoms with Gasteiger partial charge in [0.15, 0.2) is 6.79 Å². The van der Waals surface area contributed by atoms with Gasteiger partial charge < -0.3 is 19.4 Å². The second-order valence-electron chi connectivity index (χ2n) is 9.02. The van der Waals surface area contributed by atoms with Gasteiger partial charge in [-0.25, -0.2) is 0 Å². The second-order valence-corrected chi connectivity index (χ2v) is 10.1. The van der Waals surface area contributed by atoms with Crippen LogP contribution in [0, 0.1) is 0 Å². The molecule has 2 unspecified atom stereocenters. The molecular formula is C28H23N3O3S. The largest absolute Gasteiger partial charge is 0.469 e. The predicted octanol–water partition coefficient (Wildman–Crippen LogP) is 5.62. The van der Waals surface area contributed by atoms with E-state index in [0.29, 0.717) is 6.54 Å². The van der Waals surface area contributed by atoms with Crippen molar-refractivity contribution in [2.24, 2.45) is 0 Å². The molecule has 1 amide bonds. The number of H-pyrrole nitrogens is 1. The van der Waals surface area contributed by atoms with Gasteiger partial charge in [0.2, 0.25) is 0 Å². The number of ether oxygens (including phenoxy) is 2. The fourth-order valence-electron chi connectivity index (χ4n) is 5.40. The first kappa shape index (κ1) is 20.7. The number of carbonyl (C=O) groups is 1. The van der Waals surface area contributed by atoms with Crippen LogP contribution < -0.4 is 0 Å². The predicted molar refractivity (Wildman–Crippen MR) is 135 cm³/mol. The number of carbonyl (C=O) groups excluding carboxylic acids is 1. The lowest BCUT2D eigenvalue weighted by molar-refractivity contribution is 0.0508. The zero-order valence-electron chi connectivity index (χ0n) is 18.9. The summed E-state index contributed by atoms with van der Waals surface area (Å²) in [5, 5.41) is 1.23. The fourth-order valence-corrected chi connectivity index (χ4v) is 6.35. The van der Waals surface area contributed by atoms with E-state index in [-0.39, 0.29) is 24.8 Å². The van der Waals surface area contributed by atoms with Crippen molar-refractivity contribution in [1.29, 1.82) is 0 Å². The summed E-state index contributed by atoms with van der Waals surface area (Å²) in [6.07, 6.45) is 9.41. The number of hydrogen-bond acceptors (Lipinski definition) is 5. The number of hydrogen-bond donors (Lipinski definition) is 1. The number of amides is 1. The molecule has 0 spiro atoms. The van der Waals surface area contributed by atoms with Crippen LogP contribution >= 0.6 is 11.3 Å². The Bertz CT molecular complexity index is 1500. The molecular weight excluding hydrogens is 458 g/mol. The molecule has 1 fully saturated rings. The Hall–Kier alpha value is -3.68. The molecule has 3 aliphatic rings. The Balaban J connectivity index is 1.30. The van der Waals surface area contributed by atoms with Crippen LogP contribution in [-0.4, -0.2) is 40.2 Å². The molecule has 1 aromatic carbocycles. The highest BCUT2D eigenvalue weighted by molar-refractivity contribution is 7.17. The van der Waals surface area contributed by atoms with Crippen LogP contribution in [0.1, 0.15) is 33.4 Å². The number of nitrogens with one attached hydrogen (secondary N) is 1. The van der Waals surface area contributed by atoms with Crippen molar-refractivity contribution in [1.82, 2.24) is 14.9 Å². The lowest BCUT2D eigenvalue weighted by Crippen LogP contribution is -2.40. The van der Waals surface area contributed by atoms with Crippen LogP contribution in [0.2, 0.25) is 0 Å². The number of nitrogens with zero attached hydrogens (tertiary/aromatic N) is 2. The number of para-hydroxylation sites is 1. The topological polar surface area (TPSA) is 67.5 Å². The minimum absolute atomic E-state index is 0.0204. The third-order valence-electron chi connectivity index (χ3n) is 7.06. The molecule has 1 aliphatic carbocycles. The van der Waals surface area contributed by atoms with Gasteiger partial charge in [-0.1, -0.05) is 30.3 Å². The molecule has 6 nitrogen and oxygen atoms in total. The van der Waals surface area contributed by atoms with E-state index in [9.17, 15) is 4.79 Å². The summed E-state index contributed by atoms with van der Waals surface area (Å²) >= 11 is 1.52. The Morgan fingerprint density at radius 2 is 2.09 bits per heavy atom. The van der Waals surface area contributed by atoms with Crippen molar-refractivity contribution >= 4 is 28.1 Å². The van der Waals surface area contributed by atoms with E-state index in [0.717, 1.165) is 50.7 Å². The van der Waals surface area contributed by atoms with Crippen LogP contribution in [0.25, 0.3) is 21.3 Å². The molecule has 0 saturated carbocycles. The maximum Gasteiger partial charge on any atom is 0.264 e. The number of fused-ring (bicyclic) bond motifs is 4. The van der Waals surface area contributed by atoms with Gasteiger partial charge in [0.1, 0.15) is 11.9 Å². The Kier molecular flexibility index (Phi) is 4.85. The summed E-state index contributed by atoms with van der Waals surface area (Å²) < 4.78 is 11.4. The van der Waals surface area contributed by atoms with E-state index >= 15 is 0 Å². The molecule has 0 bridgehead atoms. The Morgan fingerprint density at radius 1 is 1.14 bits per heavy atom. The summed E-state index contributed by atoms with van der Waals surface area (Å²) in [4.78, 5) is 25.6. The Morgan fingerprint density at radius 3 is 3.00 bits per heavy atom. The normalized spacial score (nSPS) is 21.2. The van der Waals surface area contributed by atoms with Gasteiger partial charge in [-0.15, -0.1) is 11.3 Å². The van der Waals surface area contributed by atoms with Crippen molar-refractivity contribution < 1.29 is 14.3 Å². The molecule has 0 radical (unpaired) electrons. The molecule has 1 N–H and O–H groups in total. The summed E-state index contributed by atoms with van der Waals surface area (Å²) in [7, 11) is 0. The van der Waals surface area contributed by atoms with E-state index in [4.69, 9.17) is 9.47 Å². The highest BCUT2D eigenvalue weighted by Gasteiger charge is 2.38. The van der Waals surface area contributed by atoms with Crippen molar-refractivity contribution in [3.8, 4) is 10.4 Å². The van der Waals surface area contributed by atoms with E-state index < -0.39 is 0 Å². The van der Waals surface area contributed by atoms with Crippen molar-refractivity contribution in [2.75, 3.05) is 13.3 Å². The molecule has 2 aliphatic heterocycles. The van der Waals surface area contributed by atoms with Crippen LogP contribution in [0.3, 0.4) is 0 Å². The van der Waals surface area contributed by atoms with Gasteiger partial charge in [-0.3, -0.25) is 9.78 Å². The van der Waals surface area contributed by atoms with Crippen LogP contribution in [0.4, 0.5) is 0 Å². The molecule has 7 heteroatoms. The monoisotopic (exact) mass is 481 g/mol. The number of rotatable bonds is 3. The highest BCUT2D eigenvalue weighted by atomic mass is 32.1. The molecule has 35 heavy (non-hydrogen) atoms. The average molecular weight is 482 g/mol. The van der Waals surface area contributed by atoms with Crippen molar-refractivity contribution in [3.05, 3.63) is 101 Å². The number of aromatic amines is 1. The number of thiophene rings is 1. The van der Waals surface area contributed by atoms with Crippen LogP contribution in [0.5, 0.6) is 0 Å². The molecule has 3 aromatic heterocycles. The second kappa shape index (κ2) is 8.22. The maximum atomic E-state index is 14.0. The summed E-state index contributed by atoms with van der Waals surface area (Å²) in [5.74, 6) is 0.901. The number of benzene rings is 1. The van der Waals surface area contributed by atoms with Gasteiger partial charge >= 0.3 is 0 Å². The van der Waals surface area contributed by atoms with Crippen molar-refractivity contribution in [3.63, 3.8) is 0 Å². The SMILES string of the molecule is O=C(c1ccc(-c2cccnc2)s1)N1CCc2c([nH]c3ccccc23)C1C1=CCC2OCOC2=C1. The Labute approximate surface area is 206 Å². The lowest BCUT2D eigenvalue weighted by atomic mass is 9.88. The quantitative estimate of drug-likeness (QED) is 0.413. The number of pyridine rings is 1. The summed E-state index contributed by atoms with van der Waals surface area (Å²) in [5.41, 5.74) is 5.59. The van der Waals surface area contributed by atoms with E-state index in [1.165, 1.54) is 22.3 Å². The van der Waals surface area contributed by atoms with Crippen molar-refractivity contribution in [2.45, 2.75) is 25.0 Å². The smallest absolute Gasteiger partial charge is 0.264 e. The molecule has 1 saturated heterocycles. The minimum Gasteiger partial charge on any atom is -0.469 e. The van der Waals surface area contributed by atoms with E-state index in [1.54, 1.807) is 6.20 Å². The fraction of sp³-hybridized carbons (Fsp3) is 0.214. The first-order chi connectivity index (χ1) is 17.3.